The average Bonchev–Trinajstić information content (AvgIpc) is 2.98. The Hall–Kier alpha value is -1.52. The van der Waals surface area contributed by atoms with Crippen molar-refractivity contribution in [3.05, 3.63) is 46.2 Å². The molecule has 0 bridgehead atoms. The lowest BCUT2D eigenvalue weighted by atomic mass is 10.0. The van der Waals surface area contributed by atoms with Crippen LogP contribution in [0.3, 0.4) is 0 Å². The van der Waals surface area contributed by atoms with E-state index in [0.29, 0.717) is 0 Å². The van der Waals surface area contributed by atoms with Gasteiger partial charge in [-0.15, -0.1) is 11.3 Å². The van der Waals surface area contributed by atoms with Crippen LogP contribution in [-0.2, 0) is 0 Å². The van der Waals surface area contributed by atoms with Crippen molar-refractivity contribution in [1.82, 2.24) is 5.32 Å². The summed E-state index contributed by atoms with van der Waals surface area (Å²) in [6, 6.07) is 10.3. The molecule has 1 atom stereocenters. The van der Waals surface area contributed by atoms with E-state index in [1.54, 1.807) is 25.6 Å². The summed E-state index contributed by atoms with van der Waals surface area (Å²) in [4.78, 5) is 1.28. The zero-order valence-electron chi connectivity index (χ0n) is 11.5. The van der Waals surface area contributed by atoms with Crippen LogP contribution < -0.4 is 14.8 Å². The van der Waals surface area contributed by atoms with Gasteiger partial charge in [0.25, 0.3) is 0 Å². The van der Waals surface area contributed by atoms with Gasteiger partial charge in [-0.2, -0.15) is 0 Å². The molecule has 1 aromatic carbocycles. The Kier molecular flexibility index (Phi) is 4.82. The molecule has 0 aliphatic carbocycles. The van der Waals surface area contributed by atoms with E-state index >= 15 is 0 Å². The van der Waals surface area contributed by atoms with Crippen LogP contribution in [0.2, 0.25) is 0 Å². The van der Waals surface area contributed by atoms with Crippen LogP contribution in [0, 0.1) is 0 Å². The fourth-order valence-corrected chi connectivity index (χ4v) is 2.90. The lowest BCUT2D eigenvalue weighted by Crippen LogP contribution is -2.21. The SMILES string of the molecule is CCNC(c1cccs1)c1ccc(OC)cc1OC. The maximum Gasteiger partial charge on any atom is 0.127 e. The first-order valence-corrected chi connectivity index (χ1v) is 7.16. The largest absolute Gasteiger partial charge is 0.497 e. The molecule has 102 valence electrons. The Morgan fingerprint density at radius 2 is 2.05 bits per heavy atom. The van der Waals surface area contributed by atoms with E-state index in [0.717, 1.165) is 23.6 Å². The number of thiophene rings is 1. The highest BCUT2D eigenvalue weighted by Gasteiger charge is 2.18. The number of methoxy groups -OCH3 is 2. The average molecular weight is 277 g/mol. The highest BCUT2D eigenvalue weighted by atomic mass is 32.1. The summed E-state index contributed by atoms with van der Waals surface area (Å²) in [5.74, 6) is 1.65. The highest BCUT2D eigenvalue weighted by Crippen LogP contribution is 2.34. The summed E-state index contributed by atoms with van der Waals surface area (Å²) >= 11 is 1.75. The van der Waals surface area contributed by atoms with Gasteiger partial charge < -0.3 is 14.8 Å². The normalized spacial score (nSPS) is 12.2. The van der Waals surface area contributed by atoms with Gasteiger partial charge in [-0.25, -0.2) is 0 Å². The fraction of sp³-hybridized carbons (Fsp3) is 0.333. The van der Waals surface area contributed by atoms with Crippen LogP contribution in [0.1, 0.15) is 23.4 Å². The third kappa shape index (κ3) is 3.08. The third-order valence-electron chi connectivity index (χ3n) is 2.99. The Morgan fingerprint density at radius 1 is 1.21 bits per heavy atom. The molecule has 2 aromatic rings. The molecule has 2 rings (SSSR count). The van der Waals surface area contributed by atoms with Crippen molar-refractivity contribution < 1.29 is 9.47 Å². The van der Waals surface area contributed by atoms with Crippen molar-refractivity contribution in [2.75, 3.05) is 20.8 Å². The lowest BCUT2D eigenvalue weighted by Gasteiger charge is -2.20. The first kappa shape index (κ1) is 13.9. The summed E-state index contributed by atoms with van der Waals surface area (Å²) in [5.41, 5.74) is 1.13. The number of benzene rings is 1. The maximum atomic E-state index is 5.50. The topological polar surface area (TPSA) is 30.5 Å². The van der Waals surface area contributed by atoms with Gasteiger partial charge in [0.1, 0.15) is 11.5 Å². The molecule has 1 unspecified atom stereocenters. The maximum absolute atomic E-state index is 5.50. The predicted molar refractivity (Wildman–Crippen MR) is 79.4 cm³/mol. The Labute approximate surface area is 118 Å². The molecule has 19 heavy (non-hydrogen) atoms. The molecule has 1 N–H and O–H groups in total. The van der Waals surface area contributed by atoms with Crippen molar-refractivity contribution in [2.24, 2.45) is 0 Å². The molecule has 0 saturated heterocycles. The smallest absolute Gasteiger partial charge is 0.127 e. The molecule has 0 saturated carbocycles. The zero-order chi connectivity index (χ0) is 13.7. The number of ether oxygens (including phenoxy) is 2. The summed E-state index contributed by atoms with van der Waals surface area (Å²) in [7, 11) is 3.35. The molecule has 0 aliphatic rings. The van der Waals surface area contributed by atoms with Crippen molar-refractivity contribution in [1.29, 1.82) is 0 Å². The quantitative estimate of drug-likeness (QED) is 0.877. The van der Waals surface area contributed by atoms with Crippen LogP contribution in [0.15, 0.2) is 35.7 Å². The van der Waals surface area contributed by atoms with Crippen molar-refractivity contribution >= 4 is 11.3 Å². The Bertz CT molecular complexity index is 511. The minimum Gasteiger partial charge on any atom is -0.497 e. The van der Waals surface area contributed by atoms with Gasteiger partial charge in [0, 0.05) is 16.5 Å². The number of nitrogens with one attached hydrogen (secondary N) is 1. The molecule has 0 spiro atoms. The minimum absolute atomic E-state index is 0.158. The number of rotatable bonds is 6. The van der Waals surface area contributed by atoms with E-state index in [9.17, 15) is 0 Å². The number of hydrogen-bond acceptors (Lipinski definition) is 4. The van der Waals surface area contributed by atoms with E-state index in [1.807, 2.05) is 12.1 Å². The van der Waals surface area contributed by atoms with Crippen LogP contribution in [0.5, 0.6) is 11.5 Å². The van der Waals surface area contributed by atoms with E-state index in [1.165, 1.54) is 4.88 Å². The van der Waals surface area contributed by atoms with E-state index in [-0.39, 0.29) is 6.04 Å². The standard InChI is InChI=1S/C15H19NO2S/c1-4-16-15(14-6-5-9-19-14)12-8-7-11(17-2)10-13(12)18-3/h5-10,15-16H,4H2,1-3H3. The molecule has 4 heteroatoms. The second kappa shape index (κ2) is 6.59. The molecule has 0 radical (unpaired) electrons. The van der Waals surface area contributed by atoms with Gasteiger partial charge >= 0.3 is 0 Å². The Balaban J connectivity index is 2.41. The monoisotopic (exact) mass is 277 g/mol. The molecular weight excluding hydrogens is 258 g/mol. The zero-order valence-corrected chi connectivity index (χ0v) is 12.3. The van der Waals surface area contributed by atoms with Crippen molar-refractivity contribution in [3.63, 3.8) is 0 Å². The third-order valence-corrected chi connectivity index (χ3v) is 3.92. The summed E-state index contributed by atoms with van der Waals surface area (Å²) < 4.78 is 10.7. The summed E-state index contributed by atoms with van der Waals surface area (Å²) in [6.45, 7) is 3.01. The Morgan fingerprint density at radius 3 is 2.63 bits per heavy atom. The summed E-state index contributed by atoms with van der Waals surface area (Å²) in [5, 5.41) is 5.60. The van der Waals surface area contributed by atoms with E-state index in [4.69, 9.17) is 9.47 Å². The van der Waals surface area contributed by atoms with Gasteiger partial charge in [-0.05, 0) is 30.1 Å². The second-order valence-electron chi connectivity index (χ2n) is 4.11. The molecule has 0 amide bonds. The molecule has 1 aromatic heterocycles. The van der Waals surface area contributed by atoms with E-state index in [2.05, 4.69) is 35.8 Å². The van der Waals surface area contributed by atoms with Crippen LogP contribution in [-0.4, -0.2) is 20.8 Å². The van der Waals surface area contributed by atoms with Gasteiger partial charge in [0.15, 0.2) is 0 Å². The van der Waals surface area contributed by atoms with Gasteiger partial charge in [-0.3, -0.25) is 0 Å². The second-order valence-corrected chi connectivity index (χ2v) is 5.09. The van der Waals surface area contributed by atoms with Crippen LogP contribution in [0.4, 0.5) is 0 Å². The first-order chi connectivity index (χ1) is 9.30. The molecule has 0 fully saturated rings. The minimum atomic E-state index is 0.158. The lowest BCUT2D eigenvalue weighted by molar-refractivity contribution is 0.388. The fourth-order valence-electron chi connectivity index (χ4n) is 2.08. The predicted octanol–water partition coefficient (Wildman–Crippen LogP) is 3.46. The molecular formula is C15H19NO2S. The molecule has 1 heterocycles. The molecule has 0 aliphatic heterocycles. The van der Waals surface area contributed by atoms with Gasteiger partial charge in [0.05, 0.1) is 20.3 Å². The van der Waals surface area contributed by atoms with Crippen molar-refractivity contribution in [3.8, 4) is 11.5 Å². The van der Waals surface area contributed by atoms with Crippen LogP contribution in [0.25, 0.3) is 0 Å². The summed E-state index contributed by atoms with van der Waals surface area (Å²) in [6.07, 6.45) is 0. The highest BCUT2D eigenvalue weighted by molar-refractivity contribution is 7.10. The van der Waals surface area contributed by atoms with Crippen molar-refractivity contribution in [2.45, 2.75) is 13.0 Å². The van der Waals surface area contributed by atoms with Crippen LogP contribution >= 0.6 is 11.3 Å². The number of hydrogen-bond donors (Lipinski definition) is 1. The van der Waals surface area contributed by atoms with E-state index < -0.39 is 0 Å². The van der Waals surface area contributed by atoms with Gasteiger partial charge in [0.2, 0.25) is 0 Å². The first-order valence-electron chi connectivity index (χ1n) is 6.28. The van der Waals surface area contributed by atoms with Gasteiger partial charge in [-0.1, -0.05) is 13.0 Å². The molecule has 3 nitrogen and oxygen atoms in total.